The Morgan fingerprint density at radius 1 is 0.733 bits per heavy atom. The fraction of sp³-hybridized carbons (Fsp3) is 0.273. The van der Waals surface area contributed by atoms with Gasteiger partial charge in [0.05, 0.1) is 14.2 Å². The summed E-state index contributed by atoms with van der Waals surface area (Å²) in [6.45, 7) is 3.33. The smallest absolute Gasteiger partial charge is 0.248 e. The van der Waals surface area contributed by atoms with E-state index in [0.717, 1.165) is 37.7 Å². The number of benzene rings is 2. The molecule has 30 heavy (non-hydrogen) atoms. The molecule has 8 heteroatoms. The second-order valence-corrected chi connectivity index (χ2v) is 6.87. The van der Waals surface area contributed by atoms with Gasteiger partial charge in [0.2, 0.25) is 5.88 Å². The predicted octanol–water partition coefficient (Wildman–Crippen LogP) is 3.19. The second-order valence-electron chi connectivity index (χ2n) is 6.87. The van der Waals surface area contributed by atoms with Crippen LogP contribution in [0.3, 0.4) is 0 Å². The van der Waals surface area contributed by atoms with Gasteiger partial charge in [-0.2, -0.15) is 4.98 Å². The van der Waals surface area contributed by atoms with Gasteiger partial charge in [0.25, 0.3) is 0 Å². The summed E-state index contributed by atoms with van der Waals surface area (Å²) in [7, 11) is 3.30. The molecule has 8 nitrogen and oxygen atoms in total. The van der Waals surface area contributed by atoms with E-state index < -0.39 is 0 Å². The Labute approximate surface area is 175 Å². The minimum atomic E-state index is 0.350. The summed E-state index contributed by atoms with van der Waals surface area (Å²) >= 11 is 0. The van der Waals surface area contributed by atoms with Gasteiger partial charge in [-0.1, -0.05) is 0 Å². The summed E-state index contributed by atoms with van der Waals surface area (Å²) in [6.07, 6.45) is 1.49. The molecule has 1 aliphatic heterocycles. The molecule has 0 radical (unpaired) electrons. The van der Waals surface area contributed by atoms with Crippen LogP contribution < -0.4 is 29.7 Å². The molecule has 0 amide bonds. The molecule has 1 aromatic heterocycles. The Balaban J connectivity index is 1.43. The van der Waals surface area contributed by atoms with Gasteiger partial charge in [0.1, 0.15) is 29.3 Å². The van der Waals surface area contributed by atoms with Crippen molar-refractivity contribution in [2.45, 2.75) is 0 Å². The SMILES string of the molecule is COc1ccc(Oc2ncnc(N3CCN(c4ccc(OC)cc4)CC3)c2N)cc1. The zero-order valence-electron chi connectivity index (χ0n) is 17.1. The van der Waals surface area contributed by atoms with Crippen LogP contribution in [0.5, 0.6) is 23.1 Å². The molecule has 4 rings (SSSR count). The number of hydrogen-bond donors (Lipinski definition) is 1. The molecule has 2 aromatic carbocycles. The van der Waals surface area contributed by atoms with Crippen molar-refractivity contribution < 1.29 is 14.2 Å². The molecule has 0 aliphatic carbocycles. The third-order valence-electron chi connectivity index (χ3n) is 5.12. The van der Waals surface area contributed by atoms with E-state index >= 15 is 0 Å². The quantitative estimate of drug-likeness (QED) is 0.667. The van der Waals surface area contributed by atoms with E-state index in [9.17, 15) is 0 Å². The maximum atomic E-state index is 6.35. The van der Waals surface area contributed by atoms with Crippen LogP contribution in [0.15, 0.2) is 54.9 Å². The highest BCUT2D eigenvalue weighted by Crippen LogP contribution is 2.32. The van der Waals surface area contributed by atoms with E-state index in [1.165, 1.54) is 12.0 Å². The number of ether oxygens (including phenoxy) is 3. The first-order chi connectivity index (χ1) is 14.7. The summed E-state index contributed by atoms with van der Waals surface area (Å²) in [6, 6.07) is 15.4. The molecular weight excluding hydrogens is 382 g/mol. The van der Waals surface area contributed by atoms with Crippen molar-refractivity contribution in [1.29, 1.82) is 0 Å². The number of nitrogens with zero attached hydrogens (tertiary/aromatic N) is 4. The van der Waals surface area contributed by atoms with Gasteiger partial charge in [-0.05, 0) is 48.5 Å². The maximum absolute atomic E-state index is 6.35. The normalized spacial score (nSPS) is 13.8. The van der Waals surface area contributed by atoms with E-state index in [-0.39, 0.29) is 0 Å². The van der Waals surface area contributed by atoms with Gasteiger partial charge < -0.3 is 29.7 Å². The van der Waals surface area contributed by atoms with Gasteiger partial charge in [0, 0.05) is 31.9 Å². The number of anilines is 3. The van der Waals surface area contributed by atoms with Crippen molar-refractivity contribution in [3.05, 3.63) is 54.9 Å². The molecule has 0 spiro atoms. The molecule has 2 N–H and O–H groups in total. The second kappa shape index (κ2) is 8.77. The van der Waals surface area contributed by atoms with Gasteiger partial charge >= 0.3 is 0 Å². The maximum Gasteiger partial charge on any atom is 0.248 e. The summed E-state index contributed by atoms with van der Waals surface area (Å²) in [5.74, 6) is 3.30. The van der Waals surface area contributed by atoms with E-state index in [4.69, 9.17) is 19.9 Å². The van der Waals surface area contributed by atoms with Crippen LogP contribution in [0.2, 0.25) is 0 Å². The number of hydrogen-bond acceptors (Lipinski definition) is 8. The third kappa shape index (κ3) is 4.17. The van der Waals surface area contributed by atoms with Crippen LogP contribution in [0.4, 0.5) is 17.2 Å². The molecule has 1 aliphatic rings. The van der Waals surface area contributed by atoms with Gasteiger partial charge in [0.15, 0.2) is 5.82 Å². The lowest BCUT2D eigenvalue weighted by Gasteiger charge is -2.37. The largest absolute Gasteiger partial charge is 0.497 e. The number of piperazine rings is 1. The lowest BCUT2D eigenvalue weighted by Crippen LogP contribution is -2.47. The van der Waals surface area contributed by atoms with Crippen LogP contribution in [0.25, 0.3) is 0 Å². The van der Waals surface area contributed by atoms with Crippen LogP contribution >= 0.6 is 0 Å². The average molecular weight is 407 g/mol. The van der Waals surface area contributed by atoms with E-state index in [0.29, 0.717) is 23.1 Å². The Bertz CT molecular complexity index is 971. The Hall–Kier alpha value is -3.68. The zero-order valence-corrected chi connectivity index (χ0v) is 17.1. The summed E-state index contributed by atoms with van der Waals surface area (Å²) < 4.78 is 16.3. The Morgan fingerprint density at radius 2 is 1.27 bits per heavy atom. The highest BCUT2D eigenvalue weighted by molar-refractivity contribution is 5.69. The summed E-state index contributed by atoms with van der Waals surface area (Å²) in [5.41, 5.74) is 7.96. The highest BCUT2D eigenvalue weighted by atomic mass is 16.5. The minimum absolute atomic E-state index is 0.350. The first kappa shape index (κ1) is 19.6. The number of rotatable bonds is 6. The highest BCUT2D eigenvalue weighted by Gasteiger charge is 2.22. The molecule has 0 unspecified atom stereocenters. The molecule has 0 atom stereocenters. The summed E-state index contributed by atoms with van der Waals surface area (Å²) in [4.78, 5) is 13.1. The zero-order chi connectivity index (χ0) is 20.9. The van der Waals surface area contributed by atoms with Crippen LogP contribution in [-0.2, 0) is 0 Å². The predicted molar refractivity (Wildman–Crippen MR) is 117 cm³/mol. The number of nitrogens with two attached hydrogens (primary N) is 1. The fourth-order valence-electron chi connectivity index (χ4n) is 3.43. The van der Waals surface area contributed by atoms with Gasteiger partial charge in [-0.25, -0.2) is 4.98 Å². The number of nitrogen functional groups attached to an aromatic ring is 1. The first-order valence-electron chi connectivity index (χ1n) is 9.74. The number of methoxy groups -OCH3 is 2. The monoisotopic (exact) mass is 407 g/mol. The Kier molecular flexibility index (Phi) is 5.74. The van der Waals surface area contributed by atoms with Crippen molar-refractivity contribution in [1.82, 2.24) is 9.97 Å². The molecule has 3 aromatic rings. The van der Waals surface area contributed by atoms with E-state index in [2.05, 4.69) is 31.9 Å². The molecule has 1 fully saturated rings. The minimum Gasteiger partial charge on any atom is -0.497 e. The molecule has 0 bridgehead atoms. The van der Waals surface area contributed by atoms with Crippen molar-refractivity contribution in [2.24, 2.45) is 0 Å². The lowest BCUT2D eigenvalue weighted by atomic mass is 10.2. The molecule has 156 valence electrons. The summed E-state index contributed by atoms with van der Waals surface area (Å²) in [5, 5.41) is 0. The van der Waals surface area contributed by atoms with Crippen LogP contribution in [0.1, 0.15) is 0 Å². The molecule has 2 heterocycles. The average Bonchev–Trinajstić information content (AvgIpc) is 2.81. The van der Waals surface area contributed by atoms with E-state index in [1.54, 1.807) is 14.2 Å². The standard InChI is InChI=1S/C22H25N5O3/c1-28-17-5-3-16(4-6-17)26-11-13-27(14-12-26)21-20(23)22(25-15-24-21)30-19-9-7-18(29-2)8-10-19/h3-10,15H,11-14,23H2,1-2H3. The molecular formula is C22H25N5O3. The number of aromatic nitrogens is 2. The fourth-order valence-corrected chi connectivity index (χ4v) is 3.43. The van der Waals surface area contributed by atoms with Gasteiger partial charge in [-0.3, -0.25) is 0 Å². The molecule has 1 saturated heterocycles. The topological polar surface area (TPSA) is 86.0 Å². The Morgan fingerprint density at radius 3 is 1.87 bits per heavy atom. The van der Waals surface area contributed by atoms with Crippen LogP contribution in [0, 0.1) is 0 Å². The van der Waals surface area contributed by atoms with Crippen LogP contribution in [-0.4, -0.2) is 50.4 Å². The van der Waals surface area contributed by atoms with Crippen molar-refractivity contribution >= 4 is 17.2 Å². The van der Waals surface area contributed by atoms with Gasteiger partial charge in [-0.15, -0.1) is 0 Å². The molecule has 0 saturated carbocycles. The van der Waals surface area contributed by atoms with E-state index in [1.807, 2.05) is 36.4 Å². The first-order valence-corrected chi connectivity index (χ1v) is 9.74. The lowest BCUT2D eigenvalue weighted by molar-refractivity contribution is 0.412. The third-order valence-corrected chi connectivity index (χ3v) is 5.12. The van der Waals surface area contributed by atoms with Crippen molar-refractivity contribution in [2.75, 3.05) is 55.9 Å². The van der Waals surface area contributed by atoms with Crippen molar-refractivity contribution in [3.8, 4) is 23.1 Å². The van der Waals surface area contributed by atoms with Crippen molar-refractivity contribution in [3.63, 3.8) is 0 Å².